The number of rotatable bonds is 15. The Morgan fingerprint density at radius 2 is 1.72 bits per heavy atom. The number of nitrogens with zero attached hydrogens (tertiary/aromatic N) is 1. The van der Waals surface area contributed by atoms with Crippen LogP contribution in [0, 0.1) is 5.92 Å². The molecule has 1 heterocycles. The van der Waals surface area contributed by atoms with Gasteiger partial charge in [0.2, 0.25) is 10.0 Å². The molecular formula is C28H28Cl2F2N2O8S. The molecule has 43 heavy (non-hydrogen) atoms. The second-order valence-electron chi connectivity index (χ2n) is 9.44. The highest BCUT2D eigenvalue weighted by Crippen LogP contribution is 2.38. The Labute approximate surface area is 257 Å². The smallest absolute Gasteiger partial charge is 0.387 e. The van der Waals surface area contributed by atoms with E-state index in [1.807, 2.05) is 0 Å². The standard InChI is InChI=1S/C28H28Cl2F2N2O8S/c1-38-18-6-8-23(39-2)26(10-18)43(36,37)34-14-27(35)41-24(11-19-20(29)12-33-13-21(19)30)17-5-7-22(42-28(31)32)25(9-17)40-15-16-3-4-16/h5-10,12-13,16,24,28,34H,3-4,11,14-15H2,1-2H3/t24-/m0/s1. The average Bonchev–Trinajstić information content (AvgIpc) is 3.81. The molecule has 0 radical (unpaired) electrons. The van der Waals surface area contributed by atoms with Crippen LogP contribution in [0.5, 0.6) is 23.0 Å². The lowest BCUT2D eigenvalue weighted by molar-refractivity contribution is -0.148. The van der Waals surface area contributed by atoms with Crippen molar-refractivity contribution in [3.63, 3.8) is 0 Å². The Bertz CT molecular complexity index is 1540. The largest absolute Gasteiger partial charge is 0.497 e. The summed E-state index contributed by atoms with van der Waals surface area (Å²) < 4.78 is 80.7. The zero-order valence-corrected chi connectivity index (χ0v) is 25.3. The molecule has 1 aliphatic carbocycles. The molecule has 1 atom stereocenters. The van der Waals surface area contributed by atoms with Crippen LogP contribution in [0.1, 0.15) is 30.1 Å². The molecule has 232 valence electrons. The lowest BCUT2D eigenvalue weighted by Gasteiger charge is -2.22. The first kappa shape index (κ1) is 32.5. The summed E-state index contributed by atoms with van der Waals surface area (Å²) in [5.74, 6) is -0.513. The Kier molecular flexibility index (Phi) is 10.9. The summed E-state index contributed by atoms with van der Waals surface area (Å²) in [5.41, 5.74) is 0.730. The van der Waals surface area contributed by atoms with Gasteiger partial charge in [0.25, 0.3) is 0 Å². The Morgan fingerprint density at radius 3 is 2.35 bits per heavy atom. The molecule has 1 saturated carbocycles. The number of carbonyl (C=O) groups is 1. The fourth-order valence-corrected chi connectivity index (χ4v) is 5.67. The molecular weight excluding hydrogens is 633 g/mol. The normalized spacial score (nSPS) is 13.8. The minimum absolute atomic E-state index is 0.0310. The molecule has 1 aliphatic rings. The maximum Gasteiger partial charge on any atom is 0.387 e. The van der Waals surface area contributed by atoms with Gasteiger partial charge in [0.1, 0.15) is 29.0 Å². The number of halogens is 4. The number of alkyl halides is 2. The number of pyridine rings is 1. The van der Waals surface area contributed by atoms with E-state index in [0.717, 1.165) is 12.8 Å². The fraction of sp³-hybridized carbons (Fsp3) is 0.357. The first-order valence-electron chi connectivity index (χ1n) is 12.9. The van der Waals surface area contributed by atoms with Crippen LogP contribution in [0.25, 0.3) is 0 Å². The van der Waals surface area contributed by atoms with Crippen molar-refractivity contribution >= 4 is 39.2 Å². The fourth-order valence-electron chi connectivity index (χ4n) is 4.00. The van der Waals surface area contributed by atoms with Crippen molar-refractivity contribution < 1.29 is 45.7 Å². The van der Waals surface area contributed by atoms with Crippen LogP contribution in [0.3, 0.4) is 0 Å². The number of aromatic nitrogens is 1. The average molecular weight is 662 g/mol. The summed E-state index contributed by atoms with van der Waals surface area (Å²) in [6.45, 7) is -3.55. The number of hydrogen-bond donors (Lipinski definition) is 1. The lowest BCUT2D eigenvalue weighted by atomic mass is 10.0. The van der Waals surface area contributed by atoms with Crippen LogP contribution in [0.2, 0.25) is 10.0 Å². The second-order valence-corrected chi connectivity index (χ2v) is 12.0. The quantitative estimate of drug-likeness (QED) is 0.208. The Hall–Kier alpha value is -3.39. The van der Waals surface area contributed by atoms with Crippen molar-refractivity contribution in [1.82, 2.24) is 9.71 Å². The van der Waals surface area contributed by atoms with E-state index in [1.54, 1.807) is 0 Å². The van der Waals surface area contributed by atoms with E-state index in [-0.39, 0.29) is 44.4 Å². The van der Waals surface area contributed by atoms with E-state index in [2.05, 4.69) is 14.4 Å². The molecule has 0 amide bonds. The van der Waals surface area contributed by atoms with Gasteiger partial charge >= 0.3 is 12.6 Å². The van der Waals surface area contributed by atoms with Crippen LogP contribution >= 0.6 is 23.2 Å². The third-order valence-corrected chi connectivity index (χ3v) is 8.48. The number of esters is 1. The number of hydrogen-bond acceptors (Lipinski definition) is 9. The SMILES string of the molecule is COc1ccc(OC)c(S(=O)(=O)NCC(=O)O[C@@H](Cc2c(Cl)cncc2Cl)c2ccc(OC(F)F)c(OCC3CC3)c2)c1. The molecule has 0 aliphatic heterocycles. The monoisotopic (exact) mass is 660 g/mol. The topological polar surface area (TPSA) is 122 Å². The Morgan fingerprint density at radius 1 is 1.02 bits per heavy atom. The molecule has 1 fully saturated rings. The first-order chi connectivity index (χ1) is 20.5. The number of carbonyl (C=O) groups excluding carboxylic acids is 1. The predicted octanol–water partition coefficient (Wildman–Crippen LogP) is 5.60. The van der Waals surface area contributed by atoms with Crippen molar-refractivity contribution in [3.8, 4) is 23.0 Å². The second kappa shape index (κ2) is 14.4. The summed E-state index contributed by atoms with van der Waals surface area (Å²) in [5, 5.41) is 0.393. The number of benzene rings is 2. The van der Waals surface area contributed by atoms with Gasteiger partial charge in [0.05, 0.1) is 30.9 Å². The van der Waals surface area contributed by atoms with Crippen molar-refractivity contribution in [2.24, 2.45) is 5.92 Å². The van der Waals surface area contributed by atoms with E-state index < -0.39 is 35.3 Å². The molecule has 1 aromatic heterocycles. The van der Waals surface area contributed by atoms with Gasteiger partial charge in [-0.15, -0.1) is 0 Å². The summed E-state index contributed by atoms with van der Waals surface area (Å²) in [6, 6.07) is 8.30. The van der Waals surface area contributed by atoms with E-state index >= 15 is 0 Å². The van der Waals surface area contributed by atoms with Gasteiger partial charge in [-0.2, -0.15) is 13.5 Å². The molecule has 4 rings (SSSR count). The minimum atomic E-state index is -4.25. The van der Waals surface area contributed by atoms with Crippen molar-refractivity contribution in [3.05, 3.63) is 70.0 Å². The van der Waals surface area contributed by atoms with Gasteiger partial charge < -0.3 is 23.7 Å². The molecule has 0 saturated heterocycles. The predicted molar refractivity (Wildman–Crippen MR) is 153 cm³/mol. The highest BCUT2D eigenvalue weighted by Gasteiger charge is 2.27. The van der Waals surface area contributed by atoms with Crippen molar-refractivity contribution in [1.29, 1.82) is 0 Å². The lowest BCUT2D eigenvalue weighted by Crippen LogP contribution is -2.32. The van der Waals surface area contributed by atoms with Crippen LogP contribution < -0.4 is 23.7 Å². The van der Waals surface area contributed by atoms with Gasteiger partial charge in [-0.1, -0.05) is 29.3 Å². The molecule has 1 N–H and O–H groups in total. The summed E-state index contributed by atoms with van der Waals surface area (Å²) in [7, 11) is -1.58. The van der Waals surface area contributed by atoms with Crippen molar-refractivity contribution in [2.75, 3.05) is 27.4 Å². The molecule has 0 spiro atoms. The van der Waals surface area contributed by atoms with Gasteiger partial charge in [-0.25, -0.2) is 8.42 Å². The third kappa shape index (κ3) is 8.82. The van der Waals surface area contributed by atoms with E-state index in [0.29, 0.717) is 23.7 Å². The first-order valence-corrected chi connectivity index (χ1v) is 15.1. The molecule has 0 bridgehead atoms. The molecule has 15 heteroatoms. The van der Waals surface area contributed by atoms with Gasteiger partial charge in [-0.3, -0.25) is 9.78 Å². The number of nitrogens with one attached hydrogen (secondary N) is 1. The van der Waals surface area contributed by atoms with Crippen LogP contribution in [-0.2, 0) is 26.0 Å². The molecule has 3 aromatic rings. The summed E-state index contributed by atoms with van der Waals surface area (Å²) >= 11 is 12.6. The highest BCUT2D eigenvalue weighted by molar-refractivity contribution is 7.89. The van der Waals surface area contributed by atoms with Crippen LogP contribution in [0.4, 0.5) is 8.78 Å². The van der Waals surface area contributed by atoms with Gasteiger partial charge in [0.15, 0.2) is 11.5 Å². The highest BCUT2D eigenvalue weighted by atomic mass is 35.5. The molecule has 10 nitrogen and oxygen atoms in total. The van der Waals surface area contributed by atoms with Gasteiger partial charge in [-0.05, 0) is 54.2 Å². The zero-order chi connectivity index (χ0) is 31.1. The van der Waals surface area contributed by atoms with E-state index in [1.165, 1.54) is 63.0 Å². The minimum Gasteiger partial charge on any atom is -0.497 e. The summed E-state index contributed by atoms with van der Waals surface area (Å²) in [4.78, 5) is 16.7. The number of ether oxygens (including phenoxy) is 5. The third-order valence-electron chi connectivity index (χ3n) is 6.41. The van der Waals surface area contributed by atoms with E-state index in [9.17, 15) is 22.0 Å². The molecule has 0 unspecified atom stereocenters. The van der Waals surface area contributed by atoms with E-state index in [4.69, 9.17) is 42.1 Å². The zero-order valence-electron chi connectivity index (χ0n) is 23.0. The summed E-state index contributed by atoms with van der Waals surface area (Å²) in [6.07, 6.45) is 3.50. The van der Waals surface area contributed by atoms with Crippen LogP contribution in [0.15, 0.2) is 53.7 Å². The maximum absolute atomic E-state index is 13.1. The number of methoxy groups -OCH3 is 2. The molecule has 2 aromatic carbocycles. The van der Waals surface area contributed by atoms with Gasteiger partial charge in [0, 0.05) is 24.9 Å². The van der Waals surface area contributed by atoms with Crippen LogP contribution in [-0.4, -0.2) is 53.4 Å². The maximum atomic E-state index is 13.1. The number of sulfonamides is 1. The Balaban J connectivity index is 1.59. The van der Waals surface area contributed by atoms with Crippen molar-refractivity contribution in [2.45, 2.75) is 36.9 Å².